The minimum absolute atomic E-state index is 0.0318. The van der Waals surface area contributed by atoms with Gasteiger partial charge in [-0.25, -0.2) is 0 Å². The summed E-state index contributed by atoms with van der Waals surface area (Å²) in [6.45, 7) is 6.19. The Kier molecular flexibility index (Phi) is 4.61. The molecule has 0 aliphatic carbocycles. The van der Waals surface area contributed by atoms with E-state index in [1.54, 1.807) is 30.9 Å². The van der Waals surface area contributed by atoms with E-state index in [9.17, 15) is 20.0 Å². The number of nitro groups is 1. The van der Waals surface area contributed by atoms with Gasteiger partial charge in [0, 0.05) is 18.7 Å². The van der Waals surface area contributed by atoms with Gasteiger partial charge in [-0.2, -0.15) is 0 Å². The Bertz CT molecular complexity index is 468. The zero-order valence-corrected chi connectivity index (χ0v) is 11.3. The number of carboxylic acids is 1. The van der Waals surface area contributed by atoms with Crippen molar-refractivity contribution in [2.45, 2.75) is 32.9 Å². The van der Waals surface area contributed by atoms with Crippen LogP contribution in [-0.2, 0) is 11.3 Å². The molecule has 1 N–H and O–H groups in total. The Balaban J connectivity index is 2.87. The summed E-state index contributed by atoms with van der Waals surface area (Å²) in [7, 11) is 0. The second-order valence-corrected chi connectivity index (χ2v) is 4.80. The summed E-state index contributed by atoms with van der Waals surface area (Å²) >= 11 is 0. The van der Waals surface area contributed by atoms with Crippen molar-refractivity contribution in [3.05, 3.63) is 39.9 Å². The van der Waals surface area contributed by atoms with Crippen LogP contribution in [0.2, 0.25) is 0 Å². The van der Waals surface area contributed by atoms with E-state index in [1.807, 2.05) is 6.92 Å². The number of rotatable bonds is 6. The van der Waals surface area contributed by atoms with Crippen molar-refractivity contribution in [2.24, 2.45) is 0 Å². The molecule has 0 amide bonds. The first kappa shape index (κ1) is 15.1. The quantitative estimate of drug-likeness (QED) is 0.630. The van der Waals surface area contributed by atoms with Gasteiger partial charge in [-0.05, 0) is 26.0 Å². The largest absolute Gasteiger partial charge is 0.480 e. The number of carboxylic acid groups (broad SMARTS) is 1. The molecule has 0 fully saturated rings. The van der Waals surface area contributed by atoms with Crippen LogP contribution < -0.4 is 0 Å². The molecule has 1 rings (SSSR count). The molecule has 104 valence electrons. The van der Waals surface area contributed by atoms with Crippen LogP contribution in [-0.4, -0.2) is 33.0 Å². The second kappa shape index (κ2) is 5.79. The van der Waals surface area contributed by atoms with E-state index in [1.165, 1.54) is 12.1 Å². The predicted molar refractivity (Wildman–Crippen MR) is 70.9 cm³/mol. The Morgan fingerprint density at radius 2 is 1.89 bits per heavy atom. The van der Waals surface area contributed by atoms with Crippen LogP contribution in [0.3, 0.4) is 0 Å². The lowest BCUT2D eigenvalue weighted by molar-refractivity contribution is -0.384. The maximum Gasteiger partial charge on any atom is 0.323 e. The fourth-order valence-corrected chi connectivity index (χ4v) is 1.78. The maximum absolute atomic E-state index is 11.2. The number of likely N-dealkylation sites (N-methyl/N-ethyl adjacent to an activating group) is 1. The summed E-state index contributed by atoms with van der Waals surface area (Å²) < 4.78 is 0. The van der Waals surface area contributed by atoms with Crippen molar-refractivity contribution in [1.29, 1.82) is 0 Å². The van der Waals surface area contributed by atoms with E-state index >= 15 is 0 Å². The van der Waals surface area contributed by atoms with Crippen LogP contribution in [0.15, 0.2) is 24.3 Å². The molecule has 0 atom stereocenters. The van der Waals surface area contributed by atoms with Gasteiger partial charge in [0.05, 0.1) is 4.92 Å². The van der Waals surface area contributed by atoms with E-state index in [-0.39, 0.29) is 5.69 Å². The molecule has 19 heavy (non-hydrogen) atoms. The van der Waals surface area contributed by atoms with Crippen molar-refractivity contribution in [2.75, 3.05) is 6.54 Å². The van der Waals surface area contributed by atoms with Gasteiger partial charge >= 0.3 is 5.97 Å². The molecule has 6 heteroatoms. The van der Waals surface area contributed by atoms with Crippen molar-refractivity contribution < 1.29 is 14.8 Å². The monoisotopic (exact) mass is 266 g/mol. The predicted octanol–water partition coefficient (Wildman–Crippen LogP) is 2.28. The van der Waals surface area contributed by atoms with Gasteiger partial charge in [-0.1, -0.05) is 19.1 Å². The van der Waals surface area contributed by atoms with Gasteiger partial charge in [0.2, 0.25) is 0 Å². The third-order valence-corrected chi connectivity index (χ3v) is 3.22. The number of nitro benzene ring substituents is 1. The first-order valence-corrected chi connectivity index (χ1v) is 6.00. The minimum atomic E-state index is -0.976. The summed E-state index contributed by atoms with van der Waals surface area (Å²) in [4.78, 5) is 23.1. The van der Waals surface area contributed by atoms with E-state index < -0.39 is 16.4 Å². The van der Waals surface area contributed by atoms with E-state index in [0.29, 0.717) is 13.1 Å². The summed E-state index contributed by atoms with van der Waals surface area (Å²) in [6, 6.07) is 6.16. The number of hydrogen-bond donors (Lipinski definition) is 1. The Morgan fingerprint density at radius 1 is 1.37 bits per heavy atom. The van der Waals surface area contributed by atoms with Gasteiger partial charge in [-0.15, -0.1) is 0 Å². The van der Waals surface area contributed by atoms with E-state index in [2.05, 4.69) is 0 Å². The van der Waals surface area contributed by atoms with Crippen LogP contribution in [0.4, 0.5) is 5.69 Å². The van der Waals surface area contributed by atoms with Crippen LogP contribution in [0, 0.1) is 10.1 Å². The van der Waals surface area contributed by atoms with Crippen LogP contribution in [0.25, 0.3) is 0 Å². The van der Waals surface area contributed by atoms with Crippen molar-refractivity contribution >= 4 is 11.7 Å². The summed E-state index contributed by atoms with van der Waals surface area (Å²) in [5.74, 6) is -0.892. The summed E-state index contributed by atoms with van der Waals surface area (Å²) in [6.07, 6.45) is 0. The van der Waals surface area contributed by atoms with Gasteiger partial charge in [0.25, 0.3) is 5.69 Å². The smallest absolute Gasteiger partial charge is 0.323 e. The molecule has 0 saturated heterocycles. The first-order valence-electron chi connectivity index (χ1n) is 6.00. The SMILES string of the molecule is CCN(Cc1ccc([N+](=O)[O-])cc1)C(C)(C)C(=O)O. The molecule has 0 bridgehead atoms. The number of non-ortho nitro benzene ring substituents is 1. The average molecular weight is 266 g/mol. The van der Waals surface area contributed by atoms with Crippen molar-refractivity contribution in [1.82, 2.24) is 4.90 Å². The van der Waals surface area contributed by atoms with Gasteiger partial charge in [-0.3, -0.25) is 19.8 Å². The molecular formula is C13H18N2O4. The van der Waals surface area contributed by atoms with Crippen molar-refractivity contribution in [3.63, 3.8) is 0 Å². The Morgan fingerprint density at radius 3 is 2.26 bits per heavy atom. The highest BCUT2D eigenvalue weighted by Crippen LogP contribution is 2.19. The minimum Gasteiger partial charge on any atom is -0.480 e. The molecule has 0 saturated carbocycles. The lowest BCUT2D eigenvalue weighted by atomic mass is 10.0. The summed E-state index contributed by atoms with van der Waals surface area (Å²) in [5.41, 5.74) is -0.0951. The zero-order chi connectivity index (χ0) is 14.6. The van der Waals surface area contributed by atoms with Gasteiger partial charge < -0.3 is 5.11 Å². The molecular weight excluding hydrogens is 248 g/mol. The van der Waals surface area contributed by atoms with Crippen LogP contribution in [0.1, 0.15) is 26.3 Å². The molecule has 0 aliphatic rings. The molecule has 1 aromatic carbocycles. The standard InChI is InChI=1S/C13H18N2O4/c1-4-14(13(2,3)12(16)17)9-10-5-7-11(8-6-10)15(18)19/h5-8H,4,9H2,1-3H3,(H,16,17). The highest BCUT2D eigenvalue weighted by atomic mass is 16.6. The normalized spacial score (nSPS) is 11.6. The van der Waals surface area contributed by atoms with Crippen molar-refractivity contribution in [3.8, 4) is 0 Å². The molecule has 6 nitrogen and oxygen atoms in total. The molecule has 0 heterocycles. The zero-order valence-electron chi connectivity index (χ0n) is 11.3. The van der Waals surface area contributed by atoms with Crippen LogP contribution in [0.5, 0.6) is 0 Å². The Labute approximate surface area is 111 Å². The summed E-state index contributed by atoms with van der Waals surface area (Å²) in [5, 5.41) is 19.8. The molecule has 0 radical (unpaired) electrons. The molecule has 0 aromatic heterocycles. The third kappa shape index (κ3) is 3.51. The Hall–Kier alpha value is -1.95. The number of nitrogens with zero attached hydrogens (tertiary/aromatic N) is 2. The number of benzene rings is 1. The van der Waals surface area contributed by atoms with E-state index in [4.69, 9.17) is 0 Å². The maximum atomic E-state index is 11.2. The molecule has 0 unspecified atom stereocenters. The highest BCUT2D eigenvalue weighted by molar-refractivity contribution is 5.77. The average Bonchev–Trinajstić information content (AvgIpc) is 2.35. The first-order chi connectivity index (χ1) is 8.78. The molecule has 1 aromatic rings. The third-order valence-electron chi connectivity index (χ3n) is 3.22. The number of aliphatic carboxylic acids is 1. The molecule has 0 spiro atoms. The van der Waals surface area contributed by atoms with Crippen LogP contribution >= 0.6 is 0 Å². The van der Waals surface area contributed by atoms with E-state index in [0.717, 1.165) is 5.56 Å². The lowest BCUT2D eigenvalue weighted by Gasteiger charge is -2.34. The lowest BCUT2D eigenvalue weighted by Crippen LogP contribution is -2.49. The number of carbonyl (C=O) groups is 1. The fraction of sp³-hybridized carbons (Fsp3) is 0.462. The van der Waals surface area contributed by atoms with Gasteiger partial charge in [0.15, 0.2) is 0 Å². The fourth-order valence-electron chi connectivity index (χ4n) is 1.78. The topological polar surface area (TPSA) is 83.7 Å². The second-order valence-electron chi connectivity index (χ2n) is 4.80. The highest BCUT2D eigenvalue weighted by Gasteiger charge is 2.33. The molecule has 0 aliphatic heterocycles. The number of hydrogen-bond acceptors (Lipinski definition) is 4. The van der Waals surface area contributed by atoms with Gasteiger partial charge in [0.1, 0.15) is 5.54 Å².